The zero-order chi connectivity index (χ0) is 16.3. The zero-order valence-corrected chi connectivity index (χ0v) is 15.6. The van der Waals surface area contributed by atoms with E-state index in [0.29, 0.717) is 42.1 Å². The maximum atomic E-state index is 12.4. The molecule has 0 radical (unpaired) electrons. The van der Waals surface area contributed by atoms with Crippen LogP contribution in [0.2, 0.25) is 10.0 Å². The van der Waals surface area contributed by atoms with Crippen LogP contribution in [0.3, 0.4) is 0 Å². The molecule has 1 unspecified atom stereocenters. The van der Waals surface area contributed by atoms with Crippen LogP contribution in [-0.4, -0.2) is 36.5 Å². The molecule has 1 aliphatic rings. The van der Waals surface area contributed by atoms with Crippen LogP contribution in [0.5, 0.6) is 0 Å². The van der Waals surface area contributed by atoms with Gasteiger partial charge in [-0.3, -0.25) is 4.79 Å². The van der Waals surface area contributed by atoms with Gasteiger partial charge in [-0.15, -0.1) is 12.4 Å². The highest BCUT2D eigenvalue weighted by Gasteiger charge is 2.28. The van der Waals surface area contributed by atoms with Gasteiger partial charge in [0.2, 0.25) is 5.91 Å². The highest BCUT2D eigenvalue weighted by Crippen LogP contribution is 2.29. The first-order valence-corrected chi connectivity index (χ1v) is 8.25. The van der Waals surface area contributed by atoms with Crippen LogP contribution in [-0.2, 0) is 9.53 Å². The summed E-state index contributed by atoms with van der Waals surface area (Å²) in [6, 6.07) is 4.96. The second kappa shape index (κ2) is 9.09. The Morgan fingerprint density at radius 3 is 2.70 bits per heavy atom. The van der Waals surface area contributed by atoms with Crippen molar-refractivity contribution in [1.82, 2.24) is 4.90 Å². The molecule has 0 spiro atoms. The van der Waals surface area contributed by atoms with Gasteiger partial charge in [0, 0.05) is 6.54 Å². The fourth-order valence-corrected chi connectivity index (χ4v) is 2.91. The fraction of sp³-hybridized carbons (Fsp3) is 0.562. The molecule has 1 saturated heterocycles. The third kappa shape index (κ3) is 5.50. The monoisotopic (exact) mass is 380 g/mol. The second-order valence-electron chi connectivity index (χ2n) is 6.05. The molecule has 4 nitrogen and oxygen atoms in total. The number of ether oxygens (including phenoxy) is 1. The number of amides is 1. The van der Waals surface area contributed by atoms with E-state index in [1.165, 1.54) is 0 Å². The van der Waals surface area contributed by atoms with E-state index in [4.69, 9.17) is 33.7 Å². The number of halogens is 3. The predicted molar refractivity (Wildman–Crippen MR) is 96.4 cm³/mol. The van der Waals surface area contributed by atoms with Crippen LogP contribution < -0.4 is 5.73 Å². The molecule has 7 heteroatoms. The lowest BCUT2D eigenvalue weighted by Gasteiger charge is -2.35. The third-order valence-electron chi connectivity index (χ3n) is 3.74. The van der Waals surface area contributed by atoms with Crippen molar-refractivity contribution in [3.05, 3.63) is 33.8 Å². The van der Waals surface area contributed by atoms with Crippen molar-refractivity contribution in [2.45, 2.75) is 32.4 Å². The van der Waals surface area contributed by atoms with Gasteiger partial charge in [-0.1, -0.05) is 43.1 Å². The van der Waals surface area contributed by atoms with E-state index >= 15 is 0 Å². The van der Waals surface area contributed by atoms with Gasteiger partial charge in [0.15, 0.2) is 0 Å². The van der Waals surface area contributed by atoms with Gasteiger partial charge in [0.1, 0.15) is 6.10 Å². The minimum absolute atomic E-state index is 0. The van der Waals surface area contributed by atoms with E-state index in [2.05, 4.69) is 13.8 Å². The first-order chi connectivity index (χ1) is 10.4. The lowest BCUT2D eigenvalue weighted by molar-refractivity contribution is -0.140. The van der Waals surface area contributed by atoms with E-state index in [9.17, 15) is 4.79 Å². The number of carbonyl (C=O) groups is 1. The van der Waals surface area contributed by atoms with Crippen molar-refractivity contribution >= 4 is 41.5 Å². The van der Waals surface area contributed by atoms with Crippen molar-refractivity contribution in [1.29, 1.82) is 0 Å². The first-order valence-electron chi connectivity index (χ1n) is 7.49. The van der Waals surface area contributed by atoms with Crippen LogP contribution in [0, 0.1) is 5.92 Å². The summed E-state index contributed by atoms with van der Waals surface area (Å²) in [5.41, 5.74) is 6.93. The van der Waals surface area contributed by atoms with Crippen molar-refractivity contribution in [3.63, 3.8) is 0 Å². The summed E-state index contributed by atoms with van der Waals surface area (Å²) in [6.07, 6.45) is 0.492. The molecule has 1 aliphatic heterocycles. The Balaban J connectivity index is 0.00000264. The van der Waals surface area contributed by atoms with Gasteiger partial charge in [-0.05, 0) is 30.0 Å². The molecule has 1 aromatic carbocycles. The lowest BCUT2D eigenvalue weighted by atomic mass is 10.0. The maximum Gasteiger partial charge on any atom is 0.239 e. The number of hydrogen-bond acceptors (Lipinski definition) is 3. The number of nitrogens with zero attached hydrogens (tertiary/aromatic N) is 1. The Bertz CT molecular complexity index is 540. The molecule has 1 fully saturated rings. The Morgan fingerprint density at radius 1 is 1.39 bits per heavy atom. The molecule has 1 aromatic rings. The van der Waals surface area contributed by atoms with Gasteiger partial charge in [0.25, 0.3) is 0 Å². The van der Waals surface area contributed by atoms with E-state index in [1.807, 2.05) is 6.07 Å². The van der Waals surface area contributed by atoms with Crippen LogP contribution in [0.15, 0.2) is 18.2 Å². The van der Waals surface area contributed by atoms with Crippen LogP contribution in [0.1, 0.15) is 31.9 Å². The molecule has 1 amide bonds. The highest BCUT2D eigenvalue weighted by molar-refractivity contribution is 6.42. The molecule has 23 heavy (non-hydrogen) atoms. The van der Waals surface area contributed by atoms with Gasteiger partial charge < -0.3 is 15.4 Å². The SMILES string of the molecule is CC(C)C[C@H](N)C(=O)N1CCOC(c2ccc(Cl)c(Cl)c2)C1.Cl. The van der Waals surface area contributed by atoms with Crippen LogP contribution in [0.4, 0.5) is 0 Å². The lowest BCUT2D eigenvalue weighted by Crippen LogP contribution is -2.49. The number of nitrogens with two attached hydrogens (primary N) is 1. The minimum atomic E-state index is -0.451. The Labute approximate surface area is 153 Å². The quantitative estimate of drug-likeness (QED) is 0.865. The molecule has 130 valence electrons. The van der Waals surface area contributed by atoms with Gasteiger partial charge in [0.05, 0.1) is 29.2 Å². The van der Waals surface area contributed by atoms with E-state index < -0.39 is 6.04 Å². The fourth-order valence-electron chi connectivity index (χ4n) is 2.61. The van der Waals surface area contributed by atoms with Gasteiger partial charge in [-0.2, -0.15) is 0 Å². The minimum Gasteiger partial charge on any atom is -0.370 e. The number of carbonyl (C=O) groups excluding carboxylic acids is 1. The summed E-state index contributed by atoms with van der Waals surface area (Å²) in [4.78, 5) is 14.2. The Hall–Kier alpha value is -0.520. The van der Waals surface area contributed by atoms with Crippen molar-refractivity contribution in [2.24, 2.45) is 11.7 Å². The number of morpholine rings is 1. The van der Waals surface area contributed by atoms with Crippen molar-refractivity contribution in [3.8, 4) is 0 Å². The van der Waals surface area contributed by atoms with Gasteiger partial charge in [-0.25, -0.2) is 0 Å². The summed E-state index contributed by atoms with van der Waals surface area (Å²) in [5.74, 6) is 0.382. The molecule has 0 bridgehead atoms. The molecular formula is C16H23Cl3N2O2. The number of hydrogen-bond donors (Lipinski definition) is 1. The van der Waals surface area contributed by atoms with Gasteiger partial charge >= 0.3 is 0 Å². The largest absolute Gasteiger partial charge is 0.370 e. The summed E-state index contributed by atoms with van der Waals surface area (Å²) in [6.45, 7) is 5.67. The van der Waals surface area contributed by atoms with Crippen LogP contribution in [0.25, 0.3) is 0 Å². The molecular weight excluding hydrogens is 359 g/mol. The summed E-state index contributed by atoms with van der Waals surface area (Å²) >= 11 is 12.0. The summed E-state index contributed by atoms with van der Waals surface area (Å²) in [7, 11) is 0. The standard InChI is InChI=1S/C16H22Cl2N2O2.ClH/c1-10(2)7-14(19)16(21)20-5-6-22-15(9-20)11-3-4-12(17)13(18)8-11;/h3-4,8,10,14-15H,5-7,9,19H2,1-2H3;1H/t14-,15?;/m0./s1. The summed E-state index contributed by atoms with van der Waals surface area (Å²) < 4.78 is 5.76. The first kappa shape index (κ1) is 20.5. The van der Waals surface area contributed by atoms with Crippen LogP contribution >= 0.6 is 35.6 Å². The number of rotatable bonds is 4. The van der Waals surface area contributed by atoms with Crippen molar-refractivity contribution < 1.29 is 9.53 Å². The average Bonchev–Trinajstić information content (AvgIpc) is 2.48. The van der Waals surface area contributed by atoms with E-state index in [-0.39, 0.29) is 24.4 Å². The van der Waals surface area contributed by atoms with E-state index in [1.54, 1.807) is 17.0 Å². The topological polar surface area (TPSA) is 55.6 Å². The number of benzene rings is 1. The second-order valence-corrected chi connectivity index (χ2v) is 6.87. The summed E-state index contributed by atoms with van der Waals surface area (Å²) in [5, 5.41) is 0.996. The molecule has 0 aromatic heterocycles. The maximum absolute atomic E-state index is 12.4. The highest BCUT2D eigenvalue weighted by atomic mass is 35.5. The smallest absolute Gasteiger partial charge is 0.239 e. The molecule has 0 saturated carbocycles. The average molecular weight is 382 g/mol. The molecule has 0 aliphatic carbocycles. The molecule has 2 N–H and O–H groups in total. The molecule has 2 rings (SSSR count). The normalized spacial score (nSPS) is 19.4. The molecule has 2 atom stereocenters. The van der Waals surface area contributed by atoms with E-state index in [0.717, 1.165) is 5.56 Å². The Kier molecular flexibility index (Phi) is 8.11. The third-order valence-corrected chi connectivity index (χ3v) is 4.48. The molecule has 1 heterocycles. The van der Waals surface area contributed by atoms with Crippen molar-refractivity contribution in [2.75, 3.05) is 19.7 Å². The predicted octanol–water partition coefficient (Wildman–Crippen LogP) is 3.69. The zero-order valence-electron chi connectivity index (χ0n) is 13.3. The Morgan fingerprint density at radius 2 is 2.09 bits per heavy atom.